The standard InChI is InChI=1S/C19H27NO5S/c1-5-26(23,24)16-8-6-7-15(13-16)17(21)14-9-11-20(12-10-14)18(22)25-19(2,3)4/h6-8,13-14H,5,9-12H2,1-4H3. The lowest BCUT2D eigenvalue weighted by Crippen LogP contribution is -2.43. The van der Waals surface area contributed by atoms with Crippen molar-refractivity contribution in [3.63, 3.8) is 0 Å². The van der Waals surface area contributed by atoms with E-state index in [1.54, 1.807) is 24.0 Å². The minimum Gasteiger partial charge on any atom is -0.444 e. The zero-order valence-corrected chi connectivity index (χ0v) is 16.6. The van der Waals surface area contributed by atoms with Crippen molar-refractivity contribution in [2.75, 3.05) is 18.8 Å². The lowest BCUT2D eigenvalue weighted by Gasteiger charge is -2.33. The quantitative estimate of drug-likeness (QED) is 0.748. The molecule has 1 saturated heterocycles. The number of ketones is 1. The summed E-state index contributed by atoms with van der Waals surface area (Å²) in [7, 11) is -3.34. The molecule has 1 aliphatic rings. The average molecular weight is 381 g/mol. The zero-order chi connectivity index (χ0) is 19.5. The highest BCUT2D eigenvalue weighted by molar-refractivity contribution is 7.91. The number of carbonyl (C=O) groups excluding carboxylic acids is 2. The van der Waals surface area contributed by atoms with Crippen LogP contribution >= 0.6 is 0 Å². The molecule has 26 heavy (non-hydrogen) atoms. The van der Waals surface area contributed by atoms with Gasteiger partial charge in [0, 0.05) is 24.6 Å². The molecule has 0 radical (unpaired) electrons. The molecule has 1 heterocycles. The summed E-state index contributed by atoms with van der Waals surface area (Å²) in [6, 6.07) is 6.23. The van der Waals surface area contributed by atoms with Gasteiger partial charge in [-0.05, 0) is 45.7 Å². The number of piperidine rings is 1. The summed E-state index contributed by atoms with van der Waals surface area (Å²) in [4.78, 5) is 26.6. The van der Waals surface area contributed by atoms with Crippen LogP contribution in [0.5, 0.6) is 0 Å². The lowest BCUT2D eigenvalue weighted by molar-refractivity contribution is 0.0182. The predicted octanol–water partition coefficient (Wildman–Crippen LogP) is 3.31. The lowest BCUT2D eigenvalue weighted by atomic mass is 9.89. The van der Waals surface area contributed by atoms with Crippen molar-refractivity contribution in [1.82, 2.24) is 4.90 Å². The van der Waals surface area contributed by atoms with Crippen LogP contribution in [0.4, 0.5) is 4.79 Å². The van der Waals surface area contributed by atoms with Crippen LogP contribution in [0.3, 0.4) is 0 Å². The fraction of sp³-hybridized carbons (Fsp3) is 0.579. The Kier molecular flexibility index (Phi) is 6.11. The first-order chi connectivity index (χ1) is 12.0. The highest BCUT2D eigenvalue weighted by Gasteiger charge is 2.30. The maximum absolute atomic E-state index is 12.7. The van der Waals surface area contributed by atoms with Crippen molar-refractivity contribution in [3.8, 4) is 0 Å². The molecule has 1 aromatic carbocycles. The molecular weight excluding hydrogens is 354 g/mol. The number of carbonyl (C=O) groups is 2. The third-order valence-electron chi connectivity index (χ3n) is 4.38. The normalized spacial score (nSPS) is 16.4. The van der Waals surface area contributed by atoms with E-state index in [0.29, 0.717) is 31.5 Å². The van der Waals surface area contributed by atoms with Gasteiger partial charge in [0.15, 0.2) is 15.6 Å². The summed E-state index contributed by atoms with van der Waals surface area (Å²) in [6.07, 6.45) is 0.727. The van der Waals surface area contributed by atoms with Crippen molar-refractivity contribution < 1.29 is 22.7 Å². The molecule has 6 nitrogen and oxygen atoms in total. The van der Waals surface area contributed by atoms with Crippen LogP contribution in [0.2, 0.25) is 0 Å². The number of hydrogen-bond donors (Lipinski definition) is 0. The Hall–Kier alpha value is -1.89. The number of benzene rings is 1. The maximum atomic E-state index is 12.7. The van der Waals surface area contributed by atoms with Crippen LogP contribution < -0.4 is 0 Å². The van der Waals surface area contributed by atoms with E-state index in [0.717, 1.165) is 0 Å². The molecule has 1 aliphatic heterocycles. The van der Waals surface area contributed by atoms with E-state index in [9.17, 15) is 18.0 Å². The minimum atomic E-state index is -3.34. The monoisotopic (exact) mass is 381 g/mol. The van der Waals surface area contributed by atoms with Gasteiger partial charge in [0.25, 0.3) is 0 Å². The van der Waals surface area contributed by atoms with E-state index in [-0.39, 0.29) is 28.4 Å². The second-order valence-electron chi connectivity index (χ2n) is 7.54. The number of rotatable bonds is 4. The van der Waals surface area contributed by atoms with Crippen LogP contribution in [0.15, 0.2) is 29.2 Å². The summed E-state index contributed by atoms with van der Waals surface area (Å²) in [5.41, 5.74) is -0.134. The first-order valence-electron chi connectivity index (χ1n) is 8.88. The minimum absolute atomic E-state index is 0.00107. The third-order valence-corrected chi connectivity index (χ3v) is 6.11. The Bertz CT molecular complexity index is 771. The number of sulfone groups is 1. The van der Waals surface area contributed by atoms with Gasteiger partial charge in [-0.25, -0.2) is 13.2 Å². The summed E-state index contributed by atoms with van der Waals surface area (Å²) >= 11 is 0. The Morgan fingerprint density at radius 2 is 1.81 bits per heavy atom. The van der Waals surface area contributed by atoms with Crippen molar-refractivity contribution in [2.24, 2.45) is 5.92 Å². The number of hydrogen-bond acceptors (Lipinski definition) is 5. The topological polar surface area (TPSA) is 80.8 Å². The van der Waals surface area contributed by atoms with Gasteiger partial charge in [0.1, 0.15) is 5.60 Å². The number of Topliss-reactive ketones (excluding diaryl/α,β-unsaturated/α-hetero) is 1. The van der Waals surface area contributed by atoms with Crippen molar-refractivity contribution >= 4 is 21.7 Å². The van der Waals surface area contributed by atoms with Gasteiger partial charge < -0.3 is 9.64 Å². The van der Waals surface area contributed by atoms with Gasteiger partial charge in [-0.1, -0.05) is 19.1 Å². The van der Waals surface area contributed by atoms with Crippen LogP contribution in [-0.2, 0) is 14.6 Å². The molecule has 0 saturated carbocycles. The van der Waals surface area contributed by atoms with Gasteiger partial charge in [-0.15, -0.1) is 0 Å². The number of likely N-dealkylation sites (tertiary alicyclic amines) is 1. The van der Waals surface area contributed by atoms with Crippen molar-refractivity contribution in [3.05, 3.63) is 29.8 Å². The van der Waals surface area contributed by atoms with E-state index in [4.69, 9.17) is 4.74 Å². The zero-order valence-electron chi connectivity index (χ0n) is 15.8. The Balaban J connectivity index is 2.03. The smallest absolute Gasteiger partial charge is 0.410 e. The summed E-state index contributed by atoms with van der Waals surface area (Å²) in [6.45, 7) is 7.95. The molecule has 0 aromatic heterocycles. The van der Waals surface area contributed by atoms with Crippen molar-refractivity contribution in [2.45, 2.75) is 51.0 Å². The van der Waals surface area contributed by atoms with Gasteiger partial charge >= 0.3 is 6.09 Å². The average Bonchev–Trinajstić information content (AvgIpc) is 2.60. The van der Waals surface area contributed by atoms with Crippen LogP contribution in [0, 0.1) is 5.92 Å². The molecule has 2 rings (SSSR count). The molecule has 0 unspecified atom stereocenters. The van der Waals surface area contributed by atoms with Crippen LogP contribution in [-0.4, -0.2) is 49.6 Å². The van der Waals surface area contributed by atoms with E-state index < -0.39 is 15.4 Å². The fourth-order valence-electron chi connectivity index (χ4n) is 2.90. The molecule has 0 atom stereocenters. The Morgan fingerprint density at radius 1 is 1.19 bits per heavy atom. The highest BCUT2D eigenvalue weighted by atomic mass is 32.2. The number of amides is 1. The summed E-state index contributed by atoms with van der Waals surface area (Å²) in [5, 5.41) is 0. The predicted molar refractivity (Wildman–Crippen MR) is 99.0 cm³/mol. The molecule has 0 N–H and O–H groups in total. The largest absolute Gasteiger partial charge is 0.444 e. The van der Waals surface area contributed by atoms with E-state index in [2.05, 4.69) is 0 Å². The maximum Gasteiger partial charge on any atom is 0.410 e. The highest BCUT2D eigenvalue weighted by Crippen LogP contribution is 2.24. The first-order valence-corrected chi connectivity index (χ1v) is 10.5. The van der Waals surface area contributed by atoms with Crippen LogP contribution in [0.25, 0.3) is 0 Å². The van der Waals surface area contributed by atoms with Gasteiger partial charge in [-0.2, -0.15) is 0 Å². The molecule has 144 valence electrons. The fourth-order valence-corrected chi connectivity index (χ4v) is 3.82. The molecule has 0 bridgehead atoms. The molecule has 0 spiro atoms. The van der Waals surface area contributed by atoms with E-state index in [1.165, 1.54) is 12.1 Å². The number of nitrogens with zero attached hydrogens (tertiary/aromatic N) is 1. The molecule has 1 amide bonds. The third kappa shape index (κ3) is 5.06. The Morgan fingerprint density at radius 3 is 2.35 bits per heavy atom. The summed E-state index contributed by atoms with van der Waals surface area (Å²) < 4.78 is 29.4. The second-order valence-corrected chi connectivity index (χ2v) is 9.82. The SMILES string of the molecule is CCS(=O)(=O)c1cccc(C(=O)C2CCN(C(=O)OC(C)(C)C)CC2)c1. The van der Waals surface area contributed by atoms with Crippen molar-refractivity contribution in [1.29, 1.82) is 0 Å². The van der Waals surface area contributed by atoms with Gasteiger partial charge in [0.2, 0.25) is 0 Å². The molecule has 1 aromatic rings. The molecule has 0 aliphatic carbocycles. The summed E-state index contributed by atoms with van der Waals surface area (Å²) in [5.74, 6) is -0.283. The molecule has 1 fully saturated rings. The molecular formula is C19H27NO5S. The second kappa shape index (κ2) is 7.78. The van der Waals surface area contributed by atoms with Gasteiger partial charge in [0.05, 0.1) is 10.6 Å². The van der Waals surface area contributed by atoms with E-state index >= 15 is 0 Å². The number of ether oxygens (including phenoxy) is 1. The molecule has 7 heteroatoms. The van der Waals surface area contributed by atoms with E-state index in [1.807, 2.05) is 20.8 Å². The van der Waals surface area contributed by atoms with Crippen LogP contribution in [0.1, 0.15) is 50.9 Å². The first kappa shape index (κ1) is 20.4. The Labute approximate surface area is 155 Å². The van der Waals surface area contributed by atoms with Gasteiger partial charge in [-0.3, -0.25) is 4.79 Å².